The first-order valence-electron chi connectivity index (χ1n) is 6.83. The lowest BCUT2D eigenvalue weighted by molar-refractivity contribution is 0.0935. The third kappa shape index (κ3) is 4.32. The van der Waals surface area contributed by atoms with Gasteiger partial charge < -0.3 is 5.32 Å². The molecule has 0 saturated carbocycles. The molecule has 0 aliphatic carbocycles. The van der Waals surface area contributed by atoms with Gasteiger partial charge in [-0.3, -0.25) is 4.79 Å². The van der Waals surface area contributed by atoms with Crippen molar-refractivity contribution in [1.29, 1.82) is 0 Å². The fourth-order valence-corrected chi connectivity index (χ4v) is 3.06. The molecule has 2 nitrogen and oxygen atoms in total. The SMILES string of the molecule is CCC(NC(=O)c1cc(C)cc(Br)c1)c1cccc(Cl)c1. The predicted molar refractivity (Wildman–Crippen MR) is 90.8 cm³/mol. The molecule has 2 rings (SSSR count). The fraction of sp³-hybridized carbons (Fsp3) is 0.235. The molecule has 0 aliphatic heterocycles. The average molecular weight is 367 g/mol. The Labute approximate surface area is 138 Å². The van der Waals surface area contributed by atoms with Crippen molar-refractivity contribution in [3.8, 4) is 0 Å². The van der Waals surface area contributed by atoms with Crippen LogP contribution in [0.2, 0.25) is 5.02 Å². The highest BCUT2D eigenvalue weighted by molar-refractivity contribution is 9.10. The number of benzene rings is 2. The Hall–Kier alpha value is -1.32. The topological polar surface area (TPSA) is 29.1 Å². The number of hydrogen-bond acceptors (Lipinski definition) is 1. The van der Waals surface area contributed by atoms with E-state index in [9.17, 15) is 4.79 Å². The zero-order chi connectivity index (χ0) is 15.4. The van der Waals surface area contributed by atoms with Gasteiger partial charge in [0.25, 0.3) is 5.91 Å². The van der Waals surface area contributed by atoms with Gasteiger partial charge in [0, 0.05) is 15.1 Å². The number of hydrogen-bond donors (Lipinski definition) is 1. The molecule has 2 aromatic carbocycles. The second-order valence-electron chi connectivity index (χ2n) is 5.01. The van der Waals surface area contributed by atoms with Crippen molar-refractivity contribution < 1.29 is 4.79 Å². The molecule has 21 heavy (non-hydrogen) atoms. The van der Waals surface area contributed by atoms with Crippen LogP contribution in [0.4, 0.5) is 0 Å². The lowest BCUT2D eigenvalue weighted by Gasteiger charge is -2.18. The van der Waals surface area contributed by atoms with Gasteiger partial charge in [0.15, 0.2) is 0 Å². The third-order valence-electron chi connectivity index (χ3n) is 3.27. The Morgan fingerprint density at radius 3 is 2.67 bits per heavy atom. The highest BCUT2D eigenvalue weighted by atomic mass is 79.9. The normalized spacial score (nSPS) is 12.0. The Bertz CT molecular complexity index is 637. The summed E-state index contributed by atoms with van der Waals surface area (Å²) < 4.78 is 0.906. The van der Waals surface area contributed by atoms with E-state index in [1.165, 1.54) is 0 Å². The summed E-state index contributed by atoms with van der Waals surface area (Å²) >= 11 is 9.44. The number of carbonyl (C=O) groups is 1. The summed E-state index contributed by atoms with van der Waals surface area (Å²) in [4.78, 5) is 12.4. The first-order chi connectivity index (χ1) is 9.99. The van der Waals surface area contributed by atoms with Gasteiger partial charge in [0.1, 0.15) is 0 Å². The van der Waals surface area contributed by atoms with Crippen LogP contribution in [-0.4, -0.2) is 5.91 Å². The molecule has 2 aromatic rings. The summed E-state index contributed by atoms with van der Waals surface area (Å²) in [5, 5.41) is 3.74. The molecule has 110 valence electrons. The van der Waals surface area contributed by atoms with Gasteiger partial charge >= 0.3 is 0 Å². The van der Waals surface area contributed by atoms with Crippen molar-refractivity contribution in [3.05, 3.63) is 68.7 Å². The van der Waals surface area contributed by atoms with Crippen LogP contribution in [0, 0.1) is 6.92 Å². The molecule has 1 unspecified atom stereocenters. The Balaban J connectivity index is 2.20. The molecule has 0 aromatic heterocycles. The Kier molecular flexibility index (Phi) is 5.43. The van der Waals surface area contributed by atoms with Crippen LogP contribution in [0.25, 0.3) is 0 Å². The standard InChI is InChI=1S/C17H17BrClNO/c1-3-16(12-5-4-6-15(19)10-12)20-17(21)13-7-11(2)8-14(18)9-13/h4-10,16H,3H2,1-2H3,(H,20,21). The van der Waals surface area contributed by atoms with Crippen LogP contribution in [0.5, 0.6) is 0 Å². The van der Waals surface area contributed by atoms with E-state index in [0.29, 0.717) is 10.6 Å². The van der Waals surface area contributed by atoms with Crippen molar-refractivity contribution in [1.82, 2.24) is 5.32 Å². The fourth-order valence-electron chi connectivity index (χ4n) is 2.25. The van der Waals surface area contributed by atoms with Crippen LogP contribution < -0.4 is 5.32 Å². The first kappa shape index (κ1) is 16.1. The number of nitrogens with one attached hydrogen (secondary N) is 1. The Morgan fingerprint density at radius 1 is 1.29 bits per heavy atom. The predicted octanol–water partition coefficient (Wildman–Crippen LogP) is 5.29. The molecule has 1 amide bonds. The van der Waals surface area contributed by atoms with Gasteiger partial charge in [-0.05, 0) is 54.8 Å². The summed E-state index contributed by atoms with van der Waals surface area (Å²) in [5.74, 6) is -0.0776. The largest absolute Gasteiger partial charge is 0.345 e. The van der Waals surface area contributed by atoms with Gasteiger partial charge in [-0.1, -0.05) is 46.6 Å². The summed E-state index contributed by atoms with van der Waals surface area (Å²) in [6.07, 6.45) is 0.805. The highest BCUT2D eigenvalue weighted by Crippen LogP contribution is 2.22. The molecule has 0 bridgehead atoms. The monoisotopic (exact) mass is 365 g/mol. The number of rotatable bonds is 4. The van der Waals surface area contributed by atoms with Crippen LogP contribution in [0.15, 0.2) is 46.9 Å². The molecular weight excluding hydrogens is 350 g/mol. The minimum Gasteiger partial charge on any atom is -0.345 e. The number of halogens is 2. The summed E-state index contributed by atoms with van der Waals surface area (Å²) in [5.41, 5.74) is 2.72. The molecule has 1 N–H and O–H groups in total. The van der Waals surface area contributed by atoms with Crippen LogP contribution in [-0.2, 0) is 0 Å². The van der Waals surface area contributed by atoms with Crippen molar-refractivity contribution in [2.24, 2.45) is 0 Å². The summed E-state index contributed by atoms with van der Waals surface area (Å²) in [6.45, 7) is 4.01. The van der Waals surface area contributed by atoms with Gasteiger partial charge in [-0.15, -0.1) is 0 Å². The molecule has 0 radical (unpaired) electrons. The van der Waals surface area contributed by atoms with E-state index in [0.717, 1.165) is 22.0 Å². The van der Waals surface area contributed by atoms with Gasteiger partial charge in [-0.25, -0.2) is 0 Å². The summed E-state index contributed by atoms with van der Waals surface area (Å²) in [7, 11) is 0. The van der Waals surface area contributed by atoms with Gasteiger partial charge in [0.2, 0.25) is 0 Å². The maximum atomic E-state index is 12.4. The van der Waals surface area contributed by atoms with E-state index in [-0.39, 0.29) is 11.9 Å². The Morgan fingerprint density at radius 2 is 2.05 bits per heavy atom. The molecular formula is C17H17BrClNO. The maximum Gasteiger partial charge on any atom is 0.251 e. The van der Waals surface area contributed by atoms with Crippen LogP contribution >= 0.6 is 27.5 Å². The zero-order valence-electron chi connectivity index (χ0n) is 12.0. The second kappa shape index (κ2) is 7.10. The van der Waals surface area contributed by atoms with Gasteiger partial charge in [-0.2, -0.15) is 0 Å². The minimum atomic E-state index is -0.0776. The number of carbonyl (C=O) groups excluding carboxylic acids is 1. The quantitative estimate of drug-likeness (QED) is 0.782. The molecule has 0 fully saturated rings. The van der Waals surface area contributed by atoms with Crippen LogP contribution in [0.1, 0.15) is 40.9 Å². The van der Waals surface area contributed by atoms with Crippen LogP contribution in [0.3, 0.4) is 0 Å². The van der Waals surface area contributed by atoms with Crippen molar-refractivity contribution in [2.45, 2.75) is 26.3 Å². The molecule has 0 heterocycles. The molecule has 0 spiro atoms. The third-order valence-corrected chi connectivity index (χ3v) is 3.96. The van der Waals surface area contributed by atoms with Crippen molar-refractivity contribution in [3.63, 3.8) is 0 Å². The van der Waals surface area contributed by atoms with E-state index in [4.69, 9.17) is 11.6 Å². The van der Waals surface area contributed by atoms with E-state index >= 15 is 0 Å². The molecule has 1 atom stereocenters. The van der Waals surface area contributed by atoms with Crippen molar-refractivity contribution in [2.75, 3.05) is 0 Å². The lowest BCUT2D eigenvalue weighted by Crippen LogP contribution is -2.28. The maximum absolute atomic E-state index is 12.4. The van der Waals surface area contributed by atoms with E-state index < -0.39 is 0 Å². The second-order valence-corrected chi connectivity index (χ2v) is 6.36. The molecule has 0 aliphatic rings. The smallest absolute Gasteiger partial charge is 0.251 e. The number of amides is 1. The van der Waals surface area contributed by atoms with E-state index in [1.54, 1.807) is 0 Å². The van der Waals surface area contributed by atoms with Crippen molar-refractivity contribution >= 4 is 33.4 Å². The first-order valence-corrected chi connectivity index (χ1v) is 8.00. The van der Waals surface area contributed by atoms with E-state index in [2.05, 4.69) is 21.2 Å². The molecule has 0 saturated heterocycles. The van der Waals surface area contributed by atoms with Gasteiger partial charge in [0.05, 0.1) is 6.04 Å². The number of aryl methyl sites for hydroxylation is 1. The lowest BCUT2D eigenvalue weighted by atomic mass is 10.0. The minimum absolute atomic E-state index is 0.0458. The average Bonchev–Trinajstić information content (AvgIpc) is 2.43. The molecule has 4 heteroatoms. The van der Waals surface area contributed by atoms with E-state index in [1.807, 2.05) is 56.3 Å². The zero-order valence-corrected chi connectivity index (χ0v) is 14.3. The summed E-state index contributed by atoms with van der Waals surface area (Å²) in [6, 6.07) is 13.2. The highest BCUT2D eigenvalue weighted by Gasteiger charge is 2.15.